The Morgan fingerprint density at radius 1 is 1.05 bits per heavy atom. The van der Waals surface area contributed by atoms with E-state index in [0.717, 1.165) is 37.4 Å². The largest absolute Gasteiger partial charge is 0.461 e. The highest BCUT2D eigenvalue weighted by atomic mass is 16.5. The molecule has 0 spiro atoms. The molecule has 1 aliphatic rings. The smallest absolute Gasteiger partial charge is 0.306 e. The van der Waals surface area contributed by atoms with Gasteiger partial charge in [-0.2, -0.15) is 0 Å². The summed E-state index contributed by atoms with van der Waals surface area (Å²) in [5.74, 6) is -0.0795. The predicted octanol–water partition coefficient (Wildman–Crippen LogP) is 4.21. The molecule has 1 saturated carbocycles. The zero-order valence-electron chi connectivity index (χ0n) is 13.6. The molecule has 0 bridgehead atoms. The summed E-state index contributed by atoms with van der Waals surface area (Å²) in [5.41, 5.74) is 1.05. The number of benzene rings is 1. The van der Waals surface area contributed by atoms with Crippen molar-refractivity contribution in [3.05, 3.63) is 35.9 Å². The zero-order chi connectivity index (χ0) is 15.5. The van der Waals surface area contributed by atoms with Crippen molar-refractivity contribution in [2.75, 3.05) is 6.54 Å². The Hall–Kier alpha value is -1.35. The van der Waals surface area contributed by atoms with Gasteiger partial charge in [0.05, 0.1) is 0 Å². The zero-order valence-corrected chi connectivity index (χ0v) is 13.6. The van der Waals surface area contributed by atoms with E-state index in [-0.39, 0.29) is 5.97 Å². The molecule has 0 radical (unpaired) electrons. The Kier molecular flexibility index (Phi) is 8.03. The molecule has 3 heteroatoms. The van der Waals surface area contributed by atoms with Gasteiger partial charge in [-0.3, -0.25) is 4.79 Å². The number of nitrogens with one attached hydrogen (secondary N) is 1. The Bertz CT molecular complexity index is 413. The maximum Gasteiger partial charge on any atom is 0.306 e. The number of esters is 1. The van der Waals surface area contributed by atoms with Gasteiger partial charge in [-0.15, -0.1) is 0 Å². The molecule has 3 nitrogen and oxygen atoms in total. The molecule has 0 unspecified atom stereocenters. The second-order valence-corrected chi connectivity index (χ2v) is 6.25. The van der Waals surface area contributed by atoms with Gasteiger partial charge in [-0.1, -0.05) is 56.0 Å². The van der Waals surface area contributed by atoms with E-state index in [4.69, 9.17) is 4.74 Å². The minimum Gasteiger partial charge on any atom is -0.461 e. The topological polar surface area (TPSA) is 38.3 Å². The number of carbonyl (C=O) groups excluding carboxylic acids is 1. The van der Waals surface area contributed by atoms with E-state index in [9.17, 15) is 4.79 Å². The van der Waals surface area contributed by atoms with Crippen LogP contribution in [0.4, 0.5) is 0 Å². The van der Waals surface area contributed by atoms with Gasteiger partial charge in [0.15, 0.2) is 0 Å². The summed E-state index contributed by atoms with van der Waals surface area (Å²) in [5, 5.41) is 3.64. The molecule has 0 heterocycles. The quantitative estimate of drug-likeness (QED) is 0.548. The van der Waals surface area contributed by atoms with Crippen LogP contribution in [0.1, 0.15) is 63.4 Å². The highest BCUT2D eigenvalue weighted by molar-refractivity contribution is 5.69. The molecular weight excluding hydrogens is 274 g/mol. The van der Waals surface area contributed by atoms with Crippen molar-refractivity contribution in [2.45, 2.75) is 70.4 Å². The maximum atomic E-state index is 11.7. The molecule has 2 rings (SSSR count). The van der Waals surface area contributed by atoms with Gasteiger partial charge in [0.2, 0.25) is 0 Å². The third-order valence-electron chi connectivity index (χ3n) is 4.34. The Labute approximate surface area is 134 Å². The number of carbonyl (C=O) groups is 1. The van der Waals surface area contributed by atoms with Crippen molar-refractivity contribution < 1.29 is 9.53 Å². The molecule has 22 heavy (non-hydrogen) atoms. The predicted molar refractivity (Wildman–Crippen MR) is 89.6 cm³/mol. The fourth-order valence-electron chi connectivity index (χ4n) is 2.99. The van der Waals surface area contributed by atoms with Crippen LogP contribution in [-0.2, 0) is 16.1 Å². The summed E-state index contributed by atoms with van der Waals surface area (Å²) < 4.78 is 5.28. The van der Waals surface area contributed by atoms with Gasteiger partial charge in [-0.25, -0.2) is 0 Å². The third kappa shape index (κ3) is 7.08. The lowest BCUT2D eigenvalue weighted by Gasteiger charge is -2.22. The van der Waals surface area contributed by atoms with Gasteiger partial charge >= 0.3 is 5.97 Å². The van der Waals surface area contributed by atoms with Crippen LogP contribution >= 0.6 is 0 Å². The first-order valence-corrected chi connectivity index (χ1v) is 8.77. The minimum atomic E-state index is -0.0795. The third-order valence-corrected chi connectivity index (χ3v) is 4.34. The molecule has 0 aromatic heterocycles. The Morgan fingerprint density at radius 3 is 2.59 bits per heavy atom. The number of hydrogen-bond acceptors (Lipinski definition) is 3. The Balaban J connectivity index is 1.43. The first kappa shape index (κ1) is 17.0. The molecule has 1 aliphatic carbocycles. The fraction of sp³-hybridized carbons (Fsp3) is 0.632. The van der Waals surface area contributed by atoms with E-state index in [1.807, 2.05) is 30.3 Å². The van der Waals surface area contributed by atoms with Crippen molar-refractivity contribution in [1.29, 1.82) is 0 Å². The van der Waals surface area contributed by atoms with Crippen LogP contribution in [0.3, 0.4) is 0 Å². The maximum absolute atomic E-state index is 11.7. The van der Waals surface area contributed by atoms with Gasteiger partial charge in [0.25, 0.3) is 0 Å². The molecule has 1 aromatic carbocycles. The summed E-state index contributed by atoms with van der Waals surface area (Å²) >= 11 is 0. The molecule has 0 amide bonds. The van der Waals surface area contributed by atoms with Crippen LogP contribution in [-0.4, -0.2) is 18.6 Å². The molecule has 1 N–H and O–H groups in total. The summed E-state index contributed by atoms with van der Waals surface area (Å²) in [7, 11) is 0. The lowest BCUT2D eigenvalue weighted by Crippen LogP contribution is -2.31. The first-order valence-electron chi connectivity index (χ1n) is 8.77. The van der Waals surface area contributed by atoms with Crippen molar-refractivity contribution >= 4 is 5.97 Å². The van der Waals surface area contributed by atoms with E-state index in [0.29, 0.717) is 13.0 Å². The lowest BCUT2D eigenvalue weighted by atomic mass is 9.95. The summed E-state index contributed by atoms with van der Waals surface area (Å²) in [6, 6.07) is 10.6. The number of ether oxygens (including phenoxy) is 1. The summed E-state index contributed by atoms with van der Waals surface area (Å²) in [4.78, 5) is 11.7. The normalized spacial score (nSPS) is 15.6. The number of hydrogen-bond donors (Lipinski definition) is 1. The summed E-state index contributed by atoms with van der Waals surface area (Å²) in [6.07, 6.45) is 10.6. The standard InChI is InChI=1S/C19H29NO2/c21-19(22-16-17-10-4-1-5-11-17)14-8-3-9-15-20-18-12-6-2-7-13-18/h1,4-5,10-11,18,20H,2-3,6-9,12-16H2. The van der Waals surface area contributed by atoms with Crippen LogP contribution in [0.5, 0.6) is 0 Å². The SMILES string of the molecule is O=C(CCCCCNC1CCCCC1)OCc1ccccc1. The average molecular weight is 303 g/mol. The van der Waals surface area contributed by atoms with Crippen LogP contribution in [0.15, 0.2) is 30.3 Å². The van der Waals surface area contributed by atoms with Gasteiger partial charge < -0.3 is 10.1 Å². The van der Waals surface area contributed by atoms with Gasteiger partial charge in [0, 0.05) is 12.5 Å². The van der Waals surface area contributed by atoms with Crippen molar-refractivity contribution in [1.82, 2.24) is 5.32 Å². The minimum absolute atomic E-state index is 0.0795. The summed E-state index contributed by atoms with van der Waals surface area (Å²) in [6.45, 7) is 1.48. The van der Waals surface area contributed by atoms with E-state index in [1.54, 1.807) is 0 Å². The molecule has 122 valence electrons. The monoisotopic (exact) mass is 303 g/mol. The molecule has 1 fully saturated rings. The van der Waals surface area contributed by atoms with Crippen molar-refractivity contribution in [2.24, 2.45) is 0 Å². The molecule has 0 atom stereocenters. The lowest BCUT2D eigenvalue weighted by molar-refractivity contribution is -0.145. The highest BCUT2D eigenvalue weighted by Gasteiger charge is 2.11. The van der Waals surface area contributed by atoms with Crippen LogP contribution in [0, 0.1) is 0 Å². The second kappa shape index (κ2) is 10.4. The van der Waals surface area contributed by atoms with Crippen LogP contribution in [0.25, 0.3) is 0 Å². The van der Waals surface area contributed by atoms with Gasteiger partial charge in [-0.05, 0) is 37.8 Å². The average Bonchev–Trinajstić information content (AvgIpc) is 2.58. The van der Waals surface area contributed by atoms with Crippen molar-refractivity contribution in [3.8, 4) is 0 Å². The van der Waals surface area contributed by atoms with E-state index in [1.165, 1.54) is 32.1 Å². The molecule has 0 aliphatic heterocycles. The van der Waals surface area contributed by atoms with E-state index < -0.39 is 0 Å². The molecule has 0 saturated heterocycles. The van der Waals surface area contributed by atoms with Crippen molar-refractivity contribution in [3.63, 3.8) is 0 Å². The molecule has 1 aromatic rings. The number of rotatable bonds is 9. The second-order valence-electron chi connectivity index (χ2n) is 6.25. The van der Waals surface area contributed by atoms with E-state index >= 15 is 0 Å². The Morgan fingerprint density at radius 2 is 1.82 bits per heavy atom. The van der Waals surface area contributed by atoms with Gasteiger partial charge in [0.1, 0.15) is 6.61 Å². The molecular formula is C19H29NO2. The number of unbranched alkanes of at least 4 members (excludes halogenated alkanes) is 2. The highest BCUT2D eigenvalue weighted by Crippen LogP contribution is 2.17. The first-order chi connectivity index (χ1) is 10.8. The van der Waals surface area contributed by atoms with E-state index in [2.05, 4.69) is 5.32 Å². The van der Waals surface area contributed by atoms with Crippen LogP contribution < -0.4 is 5.32 Å². The fourth-order valence-corrected chi connectivity index (χ4v) is 2.99. The van der Waals surface area contributed by atoms with Crippen LogP contribution in [0.2, 0.25) is 0 Å².